The van der Waals surface area contributed by atoms with Crippen LogP contribution in [-0.4, -0.2) is 38.3 Å². The Labute approximate surface area is 146 Å². The summed E-state index contributed by atoms with van der Waals surface area (Å²) >= 11 is 0. The Morgan fingerprint density at radius 3 is 2.57 bits per heavy atom. The van der Waals surface area contributed by atoms with Crippen LogP contribution < -0.4 is 10.6 Å². The minimum absolute atomic E-state index is 0. The van der Waals surface area contributed by atoms with Gasteiger partial charge < -0.3 is 15.4 Å². The van der Waals surface area contributed by atoms with Crippen molar-refractivity contribution in [1.82, 2.24) is 10.6 Å². The van der Waals surface area contributed by atoms with Gasteiger partial charge in [0.15, 0.2) is 5.96 Å². The molecule has 2 saturated carbocycles. The number of nitrogens with zero attached hydrogens (tertiary/aromatic N) is 1. The predicted molar refractivity (Wildman–Crippen MR) is 99.6 cm³/mol. The molecule has 2 fully saturated rings. The highest BCUT2D eigenvalue weighted by atomic mass is 127. The van der Waals surface area contributed by atoms with Gasteiger partial charge in [0.2, 0.25) is 0 Å². The normalized spacial score (nSPS) is 20.0. The Kier molecular flexibility index (Phi) is 10.4. The number of nitrogens with one attached hydrogen (secondary N) is 2. The third-order valence-corrected chi connectivity index (χ3v) is 4.06. The van der Waals surface area contributed by atoms with E-state index in [1.165, 1.54) is 44.9 Å². The van der Waals surface area contributed by atoms with E-state index in [0.717, 1.165) is 44.6 Å². The highest BCUT2D eigenvalue weighted by Gasteiger charge is 2.20. The standard InChI is InChI=1S/C16H31N3O.HI/c1-2-17-16(19-15-7-4-3-5-8-15)18-11-6-12-20-13-14-9-10-14;/h14-15H,2-13H2,1H3,(H2,17,18,19);1H. The molecule has 0 aromatic rings. The molecule has 0 spiro atoms. The van der Waals surface area contributed by atoms with Crippen LogP contribution in [0.2, 0.25) is 0 Å². The topological polar surface area (TPSA) is 45.7 Å². The molecular weight excluding hydrogens is 377 g/mol. The second kappa shape index (κ2) is 11.5. The van der Waals surface area contributed by atoms with Crippen molar-refractivity contribution in [2.24, 2.45) is 10.9 Å². The second-order valence-electron chi connectivity index (χ2n) is 6.11. The number of ether oxygens (including phenoxy) is 1. The first kappa shape index (κ1) is 19.0. The van der Waals surface area contributed by atoms with Crippen molar-refractivity contribution in [2.75, 3.05) is 26.3 Å². The quantitative estimate of drug-likeness (QED) is 0.280. The van der Waals surface area contributed by atoms with E-state index in [9.17, 15) is 0 Å². The molecule has 2 N–H and O–H groups in total. The monoisotopic (exact) mass is 409 g/mol. The third kappa shape index (κ3) is 8.86. The van der Waals surface area contributed by atoms with Gasteiger partial charge in [-0.1, -0.05) is 19.3 Å². The van der Waals surface area contributed by atoms with Crippen LogP contribution in [-0.2, 0) is 4.74 Å². The molecule has 124 valence electrons. The molecule has 0 radical (unpaired) electrons. The molecule has 0 amide bonds. The fourth-order valence-corrected chi connectivity index (χ4v) is 2.65. The van der Waals surface area contributed by atoms with Crippen LogP contribution in [0.5, 0.6) is 0 Å². The zero-order chi connectivity index (χ0) is 14.0. The summed E-state index contributed by atoms with van der Waals surface area (Å²) in [6, 6.07) is 0.618. The summed E-state index contributed by atoms with van der Waals surface area (Å²) in [6.45, 7) is 5.72. The Bertz CT molecular complexity index is 289. The van der Waals surface area contributed by atoms with Gasteiger partial charge in [0.25, 0.3) is 0 Å². The maximum atomic E-state index is 5.64. The molecule has 2 aliphatic carbocycles. The zero-order valence-electron chi connectivity index (χ0n) is 13.4. The lowest BCUT2D eigenvalue weighted by atomic mass is 9.96. The van der Waals surface area contributed by atoms with E-state index in [-0.39, 0.29) is 24.0 Å². The average Bonchev–Trinajstić information content (AvgIpc) is 3.28. The minimum atomic E-state index is 0. The van der Waals surface area contributed by atoms with Crippen molar-refractivity contribution >= 4 is 29.9 Å². The zero-order valence-corrected chi connectivity index (χ0v) is 15.7. The van der Waals surface area contributed by atoms with Crippen LogP contribution in [0.15, 0.2) is 4.99 Å². The molecule has 21 heavy (non-hydrogen) atoms. The molecule has 0 aromatic heterocycles. The van der Waals surface area contributed by atoms with Gasteiger partial charge >= 0.3 is 0 Å². The summed E-state index contributed by atoms with van der Waals surface area (Å²) in [4.78, 5) is 4.65. The summed E-state index contributed by atoms with van der Waals surface area (Å²) in [5, 5.41) is 6.92. The molecule has 0 unspecified atom stereocenters. The van der Waals surface area contributed by atoms with Crippen molar-refractivity contribution in [3.63, 3.8) is 0 Å². The summed E-state index contributed by atoms with van der Waals surface area (Å²) in [5.41, 5.74) is 0. The van der Waals surface area contributed by atoms with Crippen LogP contribution in [0.3, 0.4) is 0 Å². The Morgan fingerprint density at radius 2 is 1.90 bits per heavy atom. The fourth-order valence-electron chi connectivity index (χ4n) is 2.65. The van der Waals surface area contributed by atoms with E-state index in [1.54, 1.807) is 0 Å². The van der Waals surface area contributed by atoms with E-state index < -0.39 is 0 Å². The first-order chi connectivity index (χ1) is 9.88. The van der Waals surface area contributed by atoms with Gasteiger partial charge in [-0.2, -0.15) is 0 Å². The molecular formula is C16H32IN3O. The number of aliphatic imine (C=N–C) groups is 1. The maximum Gasteiger partial charge on any atom is 0.191 e. The number of halogens is 1. The maximum absolute atomic E-state index is 5.64. The third-order valence-electron chi connectivity index (χ3n) is 4.06. The van der Waals surface area contributed by atoms with Gasteiger partial charge in [-0.25, -0.2) is 0 Å². The summed E-state index contributed by atoms with van der Waals surface area (Å²) < 4.78 is 5.64. The summed E-state index contributed by atoms with van der Waals surface area (Å²) in [7, 11) is 0. The Balaban J connectivity index is 0.00000220. The molecule has 2 aliphatic rings. The van der Waals surface area contributed by atoms with Crippen LogP contribution in [0.25, 0.3) is 0 Å². The Hall–Kier alpha value is -0.0400. The predicted octanol–water partition coefficient (Wildman–Crippen LogP) is 3.31. The smallest absolute Gasteiger partial charge is 0.191 e. The molecule has 0 saturated heterocycles. The van der Waals surface area contributed by atoms with Crippen LogP contribution >= 0.6 is 24.0 Å². The van der Waals surface area contributed by atoms with E-state index in [4.69, 9.17) is 4.74 Å². The molecule has 5 heteroatoms. The lowest BCUT2D eigenvalue weighted by Crippen LogP contribution is -2.44. The molecule has 0 bridgehead atoms. The van der Waals surface area contributed by atoms with Crippen molar-refractivity contribution in [1.29, 1.82) is 0 Å². The second-order valence-corrected chi connectivity index (χ2v) is 6.11. The van der Waals surface area contributed by atoms with Crippen molar-refractivity contribution in [2.45, 2.75) is 64.3 Å². The summed E-state index contributed by atoms with van der Waals surface area (Å²) in [5.74, 6) is 1.85. The lowest BCUT2D eigenvalue weighted by Gasteiger charge is -2.24. The molecule has 0 aromatic carbocycles. The van der Waals surface area contributed by atoms with Gasteiger partial charge in [-0.3, -0.25) is 4.99 Å². The van der Waals surface area contributed by atoms with Gasteiger partial charge in [0.05, 0.1) is 0 Å². The molecule has 0 aliphatic heterocycles. The van der Waals surface area contributed by atoms with Crippen LogP contribution in [0.4, 0.5) is 0 Å². The van der Waals surface area contributed by atoms with E-state index in [0.29, 0.717) is 6.04 Å². The van der Waals surface area contributed by atoms with Crippen molar-refractivity contribution in [3.05, 3.63) is 0 Å². The SMILES string of the molecule is CCNC(=NCCCOCC1CC1)NC1CCCCC1.I. The van der Waals surface area contributed by atoms with Gasteiger partial charge in [-0.05, 0) is 44.9 Å². The van der Waals surface area contributed by atoms with Gasteiger partial charge in [-0.15, -0.1) is 24.0 Å². The van der Waals surface area contributed by atoms with Crippen LogP contribution in [0, 0.1) is 5.92 Å². The van der Waals surface area contributed by atoms with Crippen molar-refractivity contribution < 1.29 is 4.74 Å². The minimum Gasteiger partial charge on any atom is -0.381 e. The number of hydrogen-bond donors (Lipinski definition) is 2. The first-order valence-corrected chi connectivity index (χ1v) is 8.51. The molecule has 0 atom stereocenters. The van der Waals surface area contributed by atoms with Crippen LogP contribution in [0.1, 0.15) is 58.3 Å². The number of hydrogen-bond acceptors (Lipinski definition) is 2. The summed E-state index contributed by atoms with van der Waals surface area (Å²) in [6.07, 6.45) is 10.4. The molecule has 0 heterocycles. The first-order valence-electron chi connectivity index (χ1n) is 8.51. The van der Waals surface area contributed by atoms with Gasteiger partial charge in [0.1, 0.15) is 0 Å². The van der Waals surface area contributed by atoms with E-state index in [1.807, 2.05) is 0 Å². The largest absolute Gasteiger partial charge is 0.381 e. The van der Waals surface area contributed by atoms with E-state index >= 15 is 0 Å². The molecule has 4 nitrogen and oxygen atoms in total. The highest BCUT2D eigenvalue weighted by Crippen LogP contribution is 2.28. The number of rotatable bonds is 8. The fraction of sp³-hybridized carbons (Fsp3) is 0.938. The van der Waals surface area contributed by atoms with Crippen molar-refractivity contribution in [3.8, 4) is 0 Å². The van der Waals surface area contributed by atoms with E-state index in [2.05, 4.69) is 22.5 Å². The van der Waals surface area contributed by atoms with Gasteiger partial charge in [0, 0.05) is 32.3 Å². The molecule has 2 rings (SSSR count). The number of guanidine groups is 1. The Morgan fingerprint density at radius 1 is 1.14 bits per heavy atom. The average molecular weight is 409 g/mol. The lowest BCUT2D eigenvalue weighted by molar-refractivity contribution is 0.123. The highest BCUT2D eigenvalue weighted by molar-refractivity contribution is 14.0.